The van der Waals surface area contributed by atoms with Crippen LogP contribution in [0.25, 0.3) is 0 Å². The quantitative estimate of drug-likeness (QED) is 0.813. The normalized spacial score (nSPS) is 11.1. The van der Waals surface area contributed by atoms with Crippen LogP contribution in [0.2, 0.25) is 5.02 Å². The fourth-order valence-electron chi connectivity index (χ4n) is 2.04. The number of hydrogen-bond acceptors (Lipinski definition) is 2. The number of para-hydroxylation sites is 1. The molecule has 2 amide bonds. The Hall–Kier alpha value is -2.54. The second-order valence-corrected chi connectivity index (χ2v) is 5.61. The van der Waals surface area contributed by atoms with E-state index >= 15 is 0 Å². The van der Waals surface area contributed by atoms with Gasteiger partial charge in [-0.15, -0.1) is 0 Å². The first-order valence-electron chi connectivity index (χ1n) is 7.16. The molecule has 0 spiro atoms. The molecule has 2 rings (SSSR count). The summed E-state index contributed by atoms with van der Waals surface area (Å²) in [5.41, 5.74) is -0.547. The van der Waals surface area contributed by atoms with E-state index in [1.165, 1.54) is 11.9 Å². The van der Waals surface area contributed by atoms with E-state index in [-0.39, 0.29) is 10.7 Å². The zero-order chi connectivity index (χ0) is 18.6. The molecule has 0 radical (unpaired) electrons. The number of carbonyl (C=O) groups is 2. The van der Waals surface area contributed by atoms with Gasteiger partial charge in [0.25, 0.3) is 0 Å². The highest BCUT2D eigenvalue weighted by Gasteiger charge is 2.31. The second-order valence-electron chi connectivity index (χ2n) is 5.21. The molecule has 2 aromatic carbocycles. The third-order valence-electron chi connectivity index (χ3n) is 3.40. The van der Waals surface area contributed by atoms with Crippen LogP contribution in [-0.4, -0.2) is 18.9 Å². The van der Waals surface area contributed by atoms with E-state index in [1.807, 2.05) is 0 Å². The van der Waals surface area contributed by atoms with Gasteiger partial charge in [-0.05, 0) is 30.3 Å². The molecule has 0 aliphatic heterocycles. The van der Waals surface area contributed by atoms with Gasteiger partial charge in [-0.2, -0.15) is 13.2 Å². The summed E-state index contributed by atoms with van der Waals surface area (Å²) < 4.78 is 38.2. The van der Waals surface area contributed by atoms with E-state index in [4.69, 9.17) is 11.6 Å². The summed E-state index contributed by atoms with van der Waals surface area (Å²) in [5.74, 6) is -1.26. The van der Waals surface area contributed by atoms with Crippen LogP contribution in [0.4, 0.5) is 24.5 Å². The Morgan fingerprint density at radius 1 is 1.12 bits per heavy atom. The maximum atomic E-state index is 12.7. The SMILES string of the molecule is CN(C(=O)CC(=O)Nc1cc(C(F)(F)F)ccc1Cl)c1ccccc1. The fraction of sp³-hybridized carbons (Fsp3) is 0.176. The van der Waals surface area contributed by atoms with Crippen LogP contribution >= 0.6 is 11.6 Å². The summed E-state index contributed by atoms with van der Waals surface area (Å²) in [4.78, 5) is 25.4. The highest BCUT2D eigenvalue weighted by atomic mass is 35.5. The molecule has 0 aromatic heterocycles. The minimum absolute atomic E-state index is 0.0507. The van der Waals surface area contributed by atoms with E-state index in [1.54, 1.807) is 30.3 Å². The molecule has 0 bridgehead atoms. The van der Waals surface area contributed by atoms with Gasteiger partial charge in [0.05, 0.1) is 16.3 Å². The van der Waals surface area contributed by atoms with Crippen molar-refractivity contribution in [2.75, 3.05) is 17.3 Å². The summed E-state index contributed by atoms with van der Waals surface area (Å²) in [7, 11) is 1.50. The lowest BCUT2D eigenvalue weighted by Gasteiger charge is -2.17. The van der Waals surface area contributed by atoms with Crippen LogP contribution in [0, 0.1) is 0 Å². The number of nitrogens with zero attached hydrogens (tertiary/aromatic N) is 1. The van der Waals surface area contributed by atoms with E-state index in [2.05, 4.69) is 5.32 Å². The molecule has 2 aromatic rings. The molecule has 0 aliphatic carbocycles. The number of hydrogen-bond donors (Lipinski definition) is 1. The number of carbonyl (C=O) groups excluding carboxylic acids is 2. The number of halogens is 4. The molecule has 1 N–H and O–H groups in total. The first kappa shape index (κ1) is 18.8. The van der Waals surface area contributed by atoms with Gasteiger partial charge in [-0.1, -0.05) is 29.8 Å². The van der Waals surface area contributed by atoms with Crippen molar-refractivity contribution < 1.29 is 22.8 Å². The molecule has 0 saturated heterocycles. The Balaban J connectivity index is 2.06. The summed E-state index contributed by atoms with van der Waals surface area (Å²) in [6.45, 7) is 0. The van der Waals surface area contributed by atoms with Crippen molar-refractivity contribution in [2.45, 2.75) is 12.6 Å². The van der Waals surface area contributed by atoms with Gasteiger partial charge in [-0.25, -0.2) is 0 Å². The van der Waals surface area contributed by atoms with Crippen molar-refractivity contribution in [1.29, 1.82) is 0 Å². The number of benzene rings is 2. The summed E-state index contributed by atoms with van der Waals surface area (Å²) in [6.07, 6.45) is -5.09. The smallest absolute Gasteiger partial charge is 0.324 e. The van der Waals surface area contributed by atoms with E-state index in [0.29, 0.717) is 5.69 Å². The maximum absolute atomic E-state index is 12.7. The molecule has 0 atom stereocenters. The van der Waals surface area contributed by atoms with E-state index < -0.39 is 30.0 Å². The Labute approximate surface area is 147 Å². The Morgan fingerprint density at radius 2 is 1.76 bits per heavy atom. The fourth-order valence-corrected chi connectivity index (χ4v) is 2.21. The lowest BCUT2D eigenvalue weighted by molar-refractivity contribution is -0.137. The molecule has 0 fully saturated rings. The van der Waals surface area contributed by atoms with Crippen LogP contribution in [0.5, 0.6) is 0 Å². The first-order chi connectivity index (χ1) is 11.7. The highest BCUT2D eigenvalue weighted by molar-refractivity contribution is 6.33. The van der Waals surface area contributed by atoms with E-state index in [9.17, 15) is 22.8 Å². The molecule has 0 heterocycles. The van der Waals surface area contributed by atoms with Crippen molar-refractivity contribution in [3.63, 3.8) is 0 Å². The van der Waals surface area contributed by atoms with Crippen molar-refractivity contribution in [1.82, 2.24) is 0 Å². The molecule has 0 saturated carbocycles. The Morgan fingerprint density at radius 3 is 2.36 bits per heavy atom. The third-order valence-corrected chi connectivity index (χ3v) is 3.73. The number of anilines is 2. The molecular weight excluding hydrogens is 357 g/mol. The molecule has 0 unspecified atom stereocenters. The standard InChI is InChI=1S/C17H14ClF3N2O2/c1-23(12-5-3-2-4-6-12)16(25)10-15(24)22-14-9-11(17(19,20)21)7-8-13(14)18/h2-9H,10H2,1H3,(H,22,24). The third kappa shape index (κ3) is 4.96. The summed E-state index contributed by atoms with van der Waals surface area (Å²) in [5, 5.41) is 2.19. The zero-order valence-electron chi connectivity index (χ0n) is 13.1. The van der Waals surface area contributed by atoms with Crippen LogP contribution in [0.3, 0.4) is 0 Å². The van der Waals surface area contributed by atoms with Crippen molar-refractivity contribution in [3.05, 3.63) is 59.1 Å². The average molecular weight is 371 g/mol. The summed E-state index contributed by atoms with van der Waals surface area (Å²) in [6, 6.07) is 11.2. The monoisotopic (exact) mass is 370 g/mol. The van der Waals surface area contributed by atoms with Gasteiger partial charge >= 0.3 is 6.18 Å². The van der Waals surface area contributed by atoms with Gasteiger partial charge in [0.2, 0.25) is 11.8 Å². The topological polar surface area (TPSA) is 49.4 Å². The van der Waals surface area contributed by atoms with Crippen LogP contribution in [0.15, 0.2) is 48.5 Å². The molecule has 132 valence electrons. The molecule has 25 heavy (non-hydrogen) atoms. The molecule has 0 aliphatic rings. The zero-order valence-corrected chi connectivity index (χ0v) is 13.9. The molecule has 8 heteroatoms. The summed E-state index contributed by atoms with van der Waals surface area (Å²) >= 11 is 5.81. The highest BCUT2D eigenvalue weighted by Crippen LogP contribution is 2.33. The lowest BCUT2D eigenvalue weighted by Crippen LogP contribution is -2.30. The van der Waals surface area contributed by atoms with Crippen molar-refractivity contribution in [2.24, 2.45) is 0 Å². The average Bonchev–Trinajstić information content (AvgIpc) is 2.55. The van der Waals surface area contributed by atoms with Crippen LogP contribution in [-0.2, 0) is 15.8 Å². The first-order valence-corrected chi connectivity index (χ1v) is 7.54. The second kappa shape index (κ2) is 7.57. The minimum atomic E-state index is -4.56. The number of amides is 2. The van der Waals surface area contributed by atoms with Gasteiger partial charge < -0.3 is 10.2 Å². The maximum Gasteiger partial charge on any atom is 0.416 e. The number of nitrogens with one attached hydrogen (secondary N) is 1. The molecule has 4 nitrogen and oxygen atoms in total. The van der Waals surface area contributed by atoms with Crippen LogP contribution in [0.1, 0.15) is 12.0 Å². The van der Waals surface area contributed by atoms with Crippen molar-refractivity contribution >= 4 is 34.8 Å². The number of rotatable bonds is 4. The van der Waals surface area contributed by atoms with E-state index in [0.717, 1.165) is 18.2 Å². The largest absolute Gasteiger partial charge is 0.416 e. The van der Waals surface area contributed by atoms with Gasteiger partial charge in [-0.3, -0.25) is 9.59 Å². The Bertz CT molecular complexity index is 779. The predicted molar refractivity (Wildman–Crippen MR) is 89.6 cm³/mol. The van der Waals surface area contributed by atoms with Crippen LogP contribution < -0.4 is 10.2 Å². The van der Waals surface area contributed by atoms with Gasteiger partial charge in [0.1, 0.15) is 6.42 Å². The van der Waals surface area contributed by atoms with Gasteiger partial charge in [0.15, 0.2) is 0 Å². The lowest BCUT2D eigenvalue weighted by atomic mass is 10.2. The number of alkyl halides is 3. The van der Waals surface area contributed by atoms with Gasteiger partial charge in [0, 0.05) is 12.7 Å². The Kier molecular flexibility index (Phi) is 5.69. The minimum Gasteiger partial charge on any atom is -0.324 e. The van der Waals surface area contributed by atoms with Crippen molar-refractivity contribution in [3.8, 4) is 0 Å². The predicted octanol–water partition coefficient (Wildman–Crippen LogP) is 4.35. The molecular formula is C17H14ClF3N2O2.